The normalized spacial score (nSPS) is 15.0. The van der Waals surface area contributed by atoms with Crippen LogP contribution < -0.4 is 41.3 Å². The van der Waals surface area contributed by atoms with Crippen LogP contribution in [-0.2, 0) is 39.6 Å². The minimum atomic E-state index is 0. The van der Waals surface area contributed by atoms with Crippen LogP contribution in [0.25, 0.3) is 65.9 Å². The van der Waals surface area contributed by atoms with Crippen LogP contribution in [0.15, 0.2) is 313 Å². The molecule has 18 rings (SSSR count). The van der Waals surface area contributed by atoms with Crippen LogP contribution in [0.2, 0.25) is 40.2 Å². The van der Waals surface area contributed by atoms with Gasteiger partial charge in [-0.25, -0.2) is 0 Å². The van der Waals surface area contributed by atoms with Crippen LogP contribution in [0.4, 0.5) is 0 Å². The first kappa shape index (κ1) is 74.6. The Bertz CT molecular complexity index is 5270. The van der Waals surface area contributed by atoms with Gasteiger partial charge in [-0.05, 0) is 190 Å². The maximum Gasteiger partial charge on any atom is 3.00 e. The van der Waals surface area contributed by atoms with Gasteiger partial charge < -0.3 is 46.7 Å². The maximum atomic E-state index is 6.37. The second kappa shape index (κ2) is 31.9. The molecule has 9 nitrogen and oxygen atoms in total. The van der Waals surface area contributed by atoms with E-state index in [2.05, 4.69) is 72.8 Å². The number of allylic oxidation sites excluding steroid dienone is 8. The van der Waals surface area contributed by atoms with Gasteiger partial charge in [-0.15, -0.1) is 89.7 Å². The predicted molar refractivity (Wildman–Crippen MR) is 428 cm³/mol. The monoisotopic (exact) mass is 1630 g/mol. The first-order chi connectivity index (χ1) is 50.7. The Labute approximate surface area is 679 Å². The van der Waals surface area contributed by atoms with Gasteiger partial charge in [0.2, 0.25) is 0 Å². The number of nitrogens with zero attached hydrogens (tertiary/aromatic N) is 8. The fourth-order valence-corrected chi connectivity index (χ4v) is 15.0. The number of rotatable bonds is 8. The molecule has 19 heteroatoms. The standard InChI is InChI=1S/2C44H26Cl4N4.2Mn.O/c2*45-29-9-1-25(2-10-29)41-33-17-19-35(49-33)42(26-3-11-30(46)12-4-26)37-21-23-39(51-37)44(28-7-15-32(48)16-8-28)40-24-22-38(52-40)43(36-20-18-34(41)50-36)27-5-13-31(47)14-6-27;;;/h2*1-19,21-22,24H,20,23H2;;;/q2*-4;2*+3;-2. The average molecular weight is 1630 g/mol. The van der Waals surface area contributed by atoms with Crippen molar-refractivity contribution < 1.29 is 39.6 Å². The number of fused-ring (bicyclic) bond motifs is 16. The molecule has 0 atom stereocenters. The first-order valence-corrected chi connectivity index (χ1v) is 36.5. The third-order valence-electron chi connectivity index (χ3n) is 18.8. The van der Waals surface area contributed by atoms with E-state index >= 15 is 0 Å². The summed E-state index contributed by atoms with van der Waals surface area (Å²) >= 11 is 50.9. The molecule has 6 aliphatic heterocycles. The van der Waals surface area contributed by atoms with E-state index in [4.69, 9.17) is 134 Å². The van der Waals surface area contributed by atoms with Crippen molar-refractivity contribution in [3.8, 4) is 0 Å². The molecule has 0 saturated carbocycles. The molecule has 0 spiro atoms. The van der Waals surface area contributed by atoms with Gasteiger partial charge in [-0.1, -0.05) is 285 Å². The molecule has 16 bridgehead atoms. The van der Waals surface area contributed by atoms with Crippen LogP contribution in [-0.4, -0.2) is 0 Å². The summed E-state index contributed by atoms with van der Waals surface area (Å²) < 4.78 is 0. The molecule has 6 aliphatic rings. The Kier molecular flexibility index (Phi) is 22.3. The molecule has 0 unspecified atom stereocenters. The summed E-state index contributed by atoms with van der Waals surface area (Å²) in [7, 11) is 0. The average Bonchev–Trinajstić information content (AvgIpc) is 1.63. The fraction of sp³-hybridized carbons (Fsp3) is 0.0455. The van der Waals surface area contributed by atoms with Gasteiger partial charge in [0.05, 0.1) is 0 Å². The Balaban J connectivity index is 0.000000175. The number of halogens is 8. The summed E-state index contributed by atoms with van der Waals surface area (Å²) in [6.07, 6.45) is 11.1. The van der Waals surface area contributed by atoms with Crippen molar-refractivity contribution in [1.29, 1.82) is 0 Å². The topological polar surface area (TPSA) is 141 Å². The van der Waals surface area contributed by atoms with Crippen molar-refractivity contribution in [3.05, 3.63) is 463 Å². The second-order valence-electron chi connectivity index (χ2n) is 25.3. The molecule has 524 valence electrons. The number of benzene rings is 8. The van der Waals surface area contributed by atoms with E-state index in [1.54, 1.807) is 0 Å². The molecule has 12 aromatic rings. The quantitative estimate of drug-likeness (QED) is 0.140. The summed E-state index contributed by atoms with van der Waals surface area (Å²) in [5, 5.41) is 29.8. The van der Waals surface area contributed by atoms with Crippen molar-refractivity contribution in [2.45, 2.75) is 25.7 Å². The molecule has 0 amide bonds. The molecule has 0 radical (unpaired) electrons. The number of hydrogen-bond acceptors (Lipinski definition) is 0. The smallest absolute Gasteiger partial charge is 2.00 e. The van der Waals surface area contributed by atoms with Gasteiger partial charge >= 0.3 is 34.1 Å². The Morgan fingerprint density at radius 1 is 0.187 bits per heavy atom. The molecule has 0 fully saturated rings. The molecule has 0 N–H and O–H groups in total. The molecular weight excluding hydrogens is 1580 g/mol. The molecule has 4 aromatic heterocycles. The van der Waals surface area contributed by atoms with Crippen LogP contribution in [0.1, 0.15) is 93.0 Å². The van der Waals surface area contributed by atoms with E-state index in [-0.39, 0.29) is 39.6 Å². The molecule has 107 heavy (non-hydrogen) atoms. The Morgan fingerprint density at radius 2 is 0.346 bits per heavy atom. The second-order valence-corrected chi connectivity index (χ2v) is 28.8. The van der Waals surface area contributed by atoms with Gasteiger partial charge in [0, 0.05) is 40.2 Å². The van der Waals surface area contributed by atoms with Crippen molar-refractivity contribution in [1.82, 2.24) is 19.9 Å². The van der Waals surface area contributed by atoms with E-state index in [0.717, 1.165) is 179 Å². The van der Waals surface area contributed by atoms with E-state index in [1.165, 1.54) is 0 Å². The number of aromatic nitrogens is 4. The SMILES string of the molecule is Clc1ccc(C2=C3CC=C([N-]3)C(c3ccc(Cl)cc3)=c3ccc([n-]3)=C(c3ccc(Cl)cc3)C3=CCC(=C(c4ccc(Cl)cc4)c4ccc2[n-]4)[N-]3)cc1.Clc1ccc(C2=C3CC=C([N-]3)C(c3ccc(Cl)cc3)=c3ccc([n-]3)=C(c3ccc(Cl)cc3)C3=CCC(=C(c4ccc(Cl)cc4)c4ccc2[n-]4)[N-]3)cc1.[Mn+3].[Mn+3].[O-2]. The van der Waals surface area contributed by atoms with Gasteiger partial charge in [-0.2, -0.15) is 0 Å². The van der Waals surface area contributed by atoms with Crippen LogP contribution in [0, 0.1) is 0 Å². The maximum absolute atomic E-state index is 6.37. The summed E-state index contributed by atoms with van der Waals surface area (Å²) in [6.45, 7) is 0. The molecule has 0 aliphatic carbocycles. The van der Waals surface area contributed by atoms with Crippen molar-refractivity contribution in [3.63, 3.8) is 0 Å². The van der Waals surface area contributed by atoms with Crippen molar-refractivity contribution >= 4 is 137 Å². The van der Waals surface area contributed by atoms with Gasteiger partial charge in [0.1, 0.15) is 0 Å². The van der Waals surface area contributed by atoms with Crippen LogP contribution in [0.3, 0.4) is 0 Å². The van der Waals surface area contributed by atoms with E-state index < -0.39 is 0 Å². The third-order valence-corrected chi connectivity index (χ3v) is 20.8. The third kappa shape index (κ3) is 15.3. The molecular formula is C88H52Cl8Mn2N8O-4. The van der Waals surface area contributed by atoms with Gasteiger partial charge in [0.25, 0.3) is 0 Å². The van der Waals surface area contributed by atoms with Gasteiger partial charge in [0.15, 0.2) is 0 Å². The van der Waals surface area contributed by atoms with Gasteiger partial charge in [-0.3, -0.25) is 0 Å². The zero-order chi connectivity index (χ0) is 70.7. The Morgan fingerprint density at radius 3 is 0.514 bits per heavy atom. The van der Waals surface area contributed by atoms with E-state index in [1.807, 2.05) is 194 Å². The van der Waals surface area contributed by atoms with Crippen LogP contribution >= 0.6 is 92.8 Å². The summed E-state index contributed by atoms with van der Waals surface area (Å²) in [6, 6.07) is 79.2. The zero-order valence-corrected chi connectivity index (χ0v) is 64.4. The zero-order valence-electron chi connectivity index (χ0n) is 56.0. The predicted octanol–water partition coefficient (Wildman–Crippen LogP) is 22.2. The van der Waals surface area contributed by atoms with Crippen molar-refractivity contribution in [2.24, 2.45) is 0 Å². The Hall–Kier alpha value is -9.20. The van der Waals surface area contributed by atoms with Crippen LogP contribution in [0.5, 0.6) is 0 Å². The molecule has 8 aromatic carbocycles. The minimum absolute atomic E-state index is 0. The summed E-state index contributed by atoms with van der Waals surface area (Å²) in [4.78, 5) is 21.2. The number of hydrogen-bond donors (Lipinski definition) is 0. The largest absolute Gasteiger partial charge is 3.00 e. The van der Waals surface area contributed by atoms with Crippen molar-refractivity contribution in [2.75, 3.05) is 0 Å². The van der Waals surface area contributed by atoms with E-state index in [0.29, 0.717) is 65.9 Å². The fourth-order valence-electron chi connectivity index (χ4n) is 14.0. The summed E-state index contributed by atoms with van der Waals surface area (Å²) in [5.74, 6) is 0. The first-order valence-electron chi connectivity index (χ1n) is 33.5. The van der Waals surface area contributed by atoms with E-state index in [9.17, 15) is 0 Å². The minimum Gasteiger partial charge on any atom is -2.00 e. The molecule has 10 heterocycles. The summed E-state index contributed by atoms with van der Waals surface area (Å²) in [5.41, 5.74) is 25.3. The molecule has 0 saturated heterocycles.